The Labute approximate surface area is 172 Å². The third-order valence-electron chi connectivity index (χ3n) is 4.86. The molecule has 1 aliphatic rings. The Balaban J connectivity index is 1.60. The number of sulfonamides is 1. The molecular weight excluding hydrogens is 390 g/mol. The van der Waals surface area contributed by atoms with E-state index in [-0.39, 0.29) is 23.9 Å². The molecule has 2 aromatic rings. The largest absolute Gasteiger partial charge is 0.492 e. The molecule has 1 atom stereocenters. The lowest BCUT2D eigenvalue weighted by Gasteiger charge is -2.35. The first kappa shape index (κ1) is 21.1. The summed E-state index contributed by atoms with van der Waals surface area (Å²) < 4.78 is 32.5. The Hall–Kier alpha value is -2.58. The fourth-order valence-corrected chi connectivity index (χ4v) is 4.77. The lowest BCUT2D eigenvalue weighted by Crippen LogP contribution is -2.53. The summed E-state index contributed by atoms with van der Waals surface area (Å²) in [5.41, 5.74) is 0.764. The minimum absolute atomic E-state index is 0.0620. The third-order valence-corrected chi connectivity index (χ3v) is 6.77. The van der Waals surface area contributed by atoms with Crippen molar-refractivity contribution in [2.75, 3.05) is 38.1 Å². The molecule has 0 bridgehead atoms. The van der Waals surface area contributed by atoms with Crippen LogP contribution >= 0.6 is 0 Å². The Kier molecular flexibility index (Phi) is 6.76. The summed E-state index contributed by atoms with van der Waals surface area (Å²) in [6, 6.07) is 15.4. The SMILES string of the molecule is CCOc1ccccc1N[C@H](C)C(=O)N1CCN(S(=O)(=O)c2ccccc2)CC1. The van der Waals surface area contributed by atoms with Gasteiger partial charge in [0.25, 0.3) is 0 Å². The van der Waals surface area contributed by atoms with E-state index < -0.39 is 16.1 Å². The molecule has 1 amide bonds. The van der Waals surface area contributed by atoms with Crippen LogP contribution in [-0.4, -0.2) is 62.4 Å². The van der Waals surface area contributed by atoms with Crippen molar-refractivity contribution in [1.29, 1.82) is 0 Å². The Bertz CT molecular complexity index is 926. The highest BCUT2D eigenvalue weighted by Gasteiger charge is 2.31. The number of hydrogen-bond acceptors (Lipinski definition) is 5. The molecule has 3 rings (SSSR count). The Morgan fingerprint density at radius 3 is 2.31 bits per heavy atom. The molecule has 2 aromatic carbocycles. The second-order valence-electron chi connectivity index (χ2n) is 6.84. The van der Waals surface area contributed by atoms with E-state index in [1.807, 2.05) is 31.2 Å². The van der Waals surface area contributed by atoms with E-state index in [1.54, 1.807) is 42.2 Å². The second-order valence-corrected chi connectivity index (χ2v) is 8.78. The van der Waals surface area contributed by atoms with Crippen molar-refractivity contribution in [3.63, 3.8) is 0 Å². The van der Waals surface area contributed by atoms with E-state index in [0.717, 1.165) is 5.69 Å². The van der Waals surface area contributed by atoms with E-state index in [1.165, 1.54) is 4.31 Å². The normalized spacial score (nSPS) is 16.3. The van der Waals surface area contributed by atoms with Gasteiger partial charge < -0.3 is 15.0 Å². The van der Waals surface area contributed by atoms with Crippen LogP contribution in [0.5, 0.6) is 5.75 Å². The maximum absolute atomic E-state index is 12.9. The predicted molar refractivity (Wildman–Crippen MR) is 112 cm³/mol. The number of carbonyl (C=O) groups is 1. The fraction of sp³-hybridized carbons (Fsp3) is 0.381. The van der Waals surface area contributed by atoms with Crippen molar-refractivity contribution in [3.8, 4) is 5.75 Å². The van der Waals surface area contributed by atoms with Crippen LogP contribution in [-0.2, 0) is 14.8 Å². The van der Waals surface area contributed by atoms with Crippen LogP contribution in [0.25, 0.3) is 0 Å². The quantitative estimate of drug-likeness (QED) is 0.749. The van der Waals surface area contributed by atoms with Gasteiger partial charge in [0.2, 0.25) is 15.9 Å². The lowest BCUT2D eigenvalue weighted by molar-refractivity contribution is -0.132. The van der Waals surface area contributed by atoms with Gasteiger partial charge in [0.1, 0.15) is 11.8 Å². The molecule has 0 aromatic heterocycles. The second kappa shape index (κ2) is 9.28. The minimum Gasteiger partial charge on any atom is -0.492 e. The first-order chi connectivity index (χ1) is 13.9. The summed E-state index contributed by atoms with van der Waals surface area (Å²) >= 11 is 0. The molecule has 29 heavy (non-hydrogen) atoms. The van der Waals surface area contributed by atoms with E-state index >= 15 is 0 Å². The van der Waals surface area contributed by atoms with Crippen molar-refractivity contribution in [2.45, 2.75) is 24.8 Å². The molecule has 0 unspecified atom stereocenters. The molecule has 1 saturated heterocycles. The molecule has 0 radical (unpaired) electrons. The Morgan fingerprint density at radius 1 is 1.03 bits per heavy atom. The molecular formula is C21H27N3O4S. The summed E-state index contributed by atoms with van der Waals surface area (Å²) in [7, 11) is -3.53. The number of rotatable bonds is 7. The molecule has 7 nitrogen and oxygen atoms in total. The van der Waals surface area contributed by atoms with Crippen LogP contribution in [0.3, 0.4) is 0 Å². The van der Waals surface area contributed by atoms with Crippen molar-refractivity contribution >= 4 is 21.6 Å². The summed E-state index contributed by atoms with van der Waals surface area (Å²) in [6.07, 6.45) is 0. The maximum atomic E-state index is 12.9. The predicted octanol–water partition coefficient (Wildman–Crippen LogP) is 2.42. The molecule has 0 spiro atoms. The number of piperazine rings is 1. The Morgan fingerprint density at radius 2 is 1.66 bits per heavy atom. The molecule has 1 fully saturated rings. The first-order valence-corrected chi connectivity index (χ1v) is 11.2. The maximum Gasteiger partial charge on any atom is 0.244 e. The topological polar surface area (TPSA) is 79.0 Å². The highest BCUT2D eigenvalue weighted by atomic mass is 32.2. The zero-order valence-corrected chi connectivity index (χ0v) is 17.6. The standard InChI is InChI=1S/C21H27N3O4S/c1-3-28-20-12-8-7-11-19(20)22-17(2)21(25)23-13-15-24(16-14-23)29(26,27)18-9-5-4-6-10-18/h4-12,17,22H,3,13-16H2,1-2H3/t17-/m1/s1. The van der Waals surface area contributed by atoms with E-state index in [4.69, 9.17) is 4.74 Å². The van der Waals surface area contributed by atoms with Gasteiger partial charge in [0, 0.05) is 26.2 Å². The average molecular weight is 418 g/mol. The summed E-state index contributed by atoms with van der Waals surface area (Å²) in [4.78, 5) is 14.8. The van der Waals surface area contributed by atoms with Crippen molar-refractivity contribution in [1.82, 2.24) is 9.21 Å². The first-order valence-electron chi connectivity index (χ1n) is 9.76. The zero-order chi connectivity index (χ0) is 20.9. The molecule has 156 valence electrons. The number of para-hydroxylation sites is 2. The number of nitrogens with zero attached hydrogens (tertiary/aromatic N) is 2. The van der Waals surface area contributed by atoms with Crippen LogP contribution in [0, 0.1) is 0 Å². The van der Waals surface area contributed by atoms with Gasteiger partial charge in [-0.25, -0.2) is 8.42 Å². The average Bonchev–Trinajstić information content (AvgIpc) is 2.75. The molecule has 1 N–H and O–H groups in total. The van der Waals surface area contributed by atoms with Crippen molar-refractivity contribution < 1.29 is 17.9 Å². The number of ether oxygens (including phenoxy) is 1. The highest BCUT2D eigenvalue weighted by Crippen LogP contribution is 2.25. The van der Waals surface area contributed by atoms with Crippen LogP contribution in [0.2, 0.25) is 0 Å². The van der Waals surface area contributed by atoms with Crippen LogP contribution in [0.15, 0.2) is 59.5 Å². The number of benzene rings is 2. The molecule has 1 heterocycles. The molecule has 0 aliphatic carbocycles. The third kappa shape index (κ3) is 4.89. The van der Waals surface area contributed by atoms with E-state index in [2.05, 4.69) is 5.32 Å². The number of amides is 1. The zero-order valence-electron chi connectivity index (χ0n) is 16.7. The van der Waals surface area contributed by atoms with E-state index in [9.17, 15) is 13.2 Å². The van der Waals surface area contributed by atoms with Crippen LogP contribution in [0.4, 0.5) is 5.69 Å². The monoisotopic (exact) mass is 417 g/mol. The number of carbonyl (C=O) groups excluding carboxylic acids is 1. The number of nitrogens with one attached hydrogen (secondary N) is 1. The smallest absolute Gasteiger partial charge is 0.244 e. The fourth-order valence-electron chi connectivity index (χ4n) is 3.33. The van der Waals surface area contributed by atoms with Gasteiger partial charge in [-0.2, -0.15) is 4.31 Å². The summed E-state index contributed by atoms with van der Waals surface area (Å²) in [5, 5.41) is 3.21. The summed E-state index contributed by atoms with van der Waals surface area (Å²) in [5.74, 6) is 0.640. The van der Waals surface area contributed by atoms with Gasteiger partial charge in [-0.05, 0) is 38.1 Å². The number of hydrogen-bond donors (Lipinski definition) is 1. The molecule has 0 saturated carbocycles. The molecule has 8 heteroatoms. The van der Waals surface area contributed by atoms with Crippen LogP contribution in [0.1, 0.15) is 13.8 Å². The van der Waals surface area contributed by atoms with Crippen molar-refractivity contribution in [3.05, 3.63) is 54.6 Å². The molecule has 1 aliphatic heterocycles. The lowest BCUT2D eigenvalue weighted by atomic mass is 10.2. The van der Waals surface area contributed by atoms with Gasteiger partial charge >= 0.3 is 0 Å². The van der Waals surface area contributed by atoms with Crippen molar-refractivity contribution in [2.24, 2.45) is 0 Å². The highest BCUT2D eigenvalue weighted by molar-refractivity contribution is 7.89. The van der Waals surface area contributed by atoms with Gasteiger partial charge in [-0.15, -0.1) is 0 Å². The minimum atomic E-state index is -3.53. The van der Waals surface area contributed by atoms with E-state index in [0.29, 0.717) is 25.4 Å². The van der Waals surface area contributed by atoms with Gasteiger partial charge in [0.05, 0.1) is 17.2 Å². The van der Waals surface area contributed by atoms with Crippen LogP contribution < -0.4 is 10.1 Å². The number of anilines is 1. The summed E-state index contributed by atoms with van der Waals surface area (Å²) in [6.45, 7) is 5.55. The van der Waals surface area contributed by atoms with Gasteiger partial charge in [0.15, 0.2) is 0 Å². The van der Waals surface area contributed by atoms with Gasteiger partial charge in [-0.3, -0.25) is 4.79 Å². The van der Waals surface area contributed by atoms with Gasteiger partial charge in [-0.1, -0.05) is 30.3 Å².